The molecule has 0 bridgehead atoms. The summed E-state index contributed by atoms with van der Waals surface area (Å²) in [6.45, 7) is 4.97. The number of esters is 1. The van der Waals surface area contributed by atoms with Crippen molar-refractivity contribution in [3.05, 3.63) is 36.4 Å². The first-order valence-corrected chi connectivity index (χ1v) is 5.20. The topological polar surface area (TPSA) is 63.6 Å². The Labute approximate surface area is 89.9 Å². The highest BCUT2D eigenvalue weighted by atomic mass is 32.2. The molecule has 0 aromatic heterocycles. The van der Waals surface area contributed by atoms with E-state index in [1.807, 2.05) is 0 Å². The highest BCUT2D eigenvalue weighted by Crippen LogP contribution is 2.14. The molecule has 0 amide bonds. The van der Waals surface area contributed by atoms with Gasteiger partial charge in [-0.1, -0.05) is 6.58 Å². The largest absolute Gasteiger partial charge is 0.423 e. The highest BCUT2D eigenvalue weighted by Gasteiger charge is 2.05. The minimum absolute atomic E-state index is 0.255. The second kappa shape index (κ2) is 4.86. The molecule has 0 saturated carbocycles. The van der Waals surface area contributed by atoms with Gasteiger partial charge in [-0.2, -0.15) is 0 Å². The van der Waals surface area contributed by atoms with Crippen LogP contribution >= 0.6 is 0 Å². The van der Waals surface area contributed by atoms with E-state index in [4.69, 9.17) is 9.29 Å². The average molecular weight is 226 g/mol. The van der Waals surface area contributed by atoms with Gasteiger partial charge in [-0.15, -0.1) is 0 Å². The predicted molar refractivity (Wildman–Crippen MR) is 55.9 cm³/mol. The fraction of sp³-hybridized carbons (Fsp3) is 0.100. The average Bonchev–Trinajstić information content (AvgIpc) is 2.18. The first-order valence-electron chi connectivity index (χ1n) is 4.09. The monoisotopic (exact) mass is 226 g/mol. The SMILES string of the molecule is C=C(C)C(=O)Oc1ccc(S(=O)O)cc1. The Balaban J connectivity index is 2.77. The molecule has 1 N–H and O–H groups in total. The summed E-state index contributed by atoms with van der Waals surface area (Å²) in [7, 11) is 0. The number of rotatable bonds is 3. The van der Waals surface area contributed by atoms with Crippen molar-refractivity contribution in [3.8, 4) is 5.75 Å². The fourth-order valence-electron chi connectivity index (χ4n) is 0.818. The summed E-state index contributed by atoms with van der Waals surface area (Å²) in [6.07, 6.45) is 0. The molecule has 4 nitrogen and oxygen atoms in total. The van der Waals surface area contributed by atoms with Crippen LogP contribution in [0.25, 0.3) is 0 Å². The maximum atomic E-state index is 11.1. The zero-order chi connectivity index (χ0) is 11.4. The van der Waals surface area contributed by atoms with E-state index in [2.05, 4.69) is 6.58 Å². The van der Waals surface area contributed by atoms with Crippen molar-refractivity contribution < 1.29 is 18.3 Å². The highest BCUT2D eigenvalue weighted by molar-refractivity contribution is 7.79. The van der Waals surface area contributed by atoms with Gasteiger partial charge in [-0.3, -0.25) is 0 Å². The molecule has 0 heterocycles. The van der Waals surface area contributed by atoms with Crippen LogP contribution in [-0.2, 0) is 15.9 Å². The fourth-order valence-corrected chi connectivity index (χ4v) is 1.19. The van der Waals surface area contributed by atoms with Crippen molar-refractivity contribution in [2.24, 2.45) is 0 Å². The van der Waals surface area contributed by atoms with Crippen LogP contribution in [0, 0.1) is 0 Å². The molecule has 1 atom stereocenters. The Bertz CT molecular complexity index is 408. The standard InChI is InChI=1S/C10H10O4S/c1-7(2)10(11)14-8-3-5-9(6-4-8)15(12)13/h3-6H,1H2,2H3,(H,12,13). The lowest BCUT2D eigenvalue weighted by atomic mass is 10.3. The molecule has 15 heavy (non-hydrogen) atoms. The lowest BCUT2D eigenvalue weighted by molar-refractivity contribution is -0.130. The molecule has 0 radical (unpaired) electrons. The molecule has 0 aliphatic heterocycles. The molecule has 80 valence electrons. The Morgan fingerprint density at radius 1 is 1.40 bits per heavy atom. The number of hydrogen-bond donors (Lipinski definition) is 1. The van der Waals surface area contributed by atoms with Crippen LogP contribution in [0.1, 0.15) is 6.92 Å². The van der Waals surface area contributed by atoms with Crippen LogP contribution in [-0.4, -0.2) is 14.7 Å². The van der Waals surface area contributed by atoms with E-state index in [1.165, 1.54) is 24.3 Å². The summed E-state index contributed by atoms with van der Waals surface area (Å²) in [5, 5.41) is 0. The van der Waals surface area contributed by atoms with Crippen LogP contribution in [0.5, 0.6) is 5.75 Å². The van der Waals surface area contributed by atoms with Gasteiger partial charge in [-0.25, -0.2) is 9.00 Å². The van der Waals surface area contributed by atoms with Crippen molar-refractivity contribution in [1.82, 2.24) is 0 Å². The van der Waals surface area contributed by atoms with Crippen LogP contribution in [0.4, 0.5) is 0 Å². The molecule has 0 saturated heterocycles. The van der Waals surface area contributed by atoms with Gasteiger partial charge in [-0.05, 0) is 31.2 Å². The van der Waals surface area contributed by atoms with Gasteiger partial charge in [0.15, 0.2) is 11.1 Å². The van der Waals surface area contributed by atoms with Crippen LogP contribution < -0.4 is 4.74 Å². The molecule has 0 aliphatic carbocycles. The molecule has 0 aliphatic rings. The molecule has 0 spiro atoms. The van der Waals surface area contributed by atoms with E-state index >= 15 is 0 Å². The quantitative estimate of drug-likeness (QED) is 0.369. The normalized spacial score (nSPS) is 11.9. The zero-order valence-corrected chi connectivity index (χ0v) is 8.91. The maximum absolute atomic E-state index is 11.1. The number of benzene rings is 1. The van der Waals surface area contributed by atoms with Crippen molar-refractivity contribution in [2.45, 2.75) is 11.8 Å². The lowest BCUT2D eigenvalue weighted by Crippen LogP contribution is -2.08. The van der Waals surface area contributed by atoms with Gasteiger partial charge in [0.05, 0.1) is 4.90 Å². The van der Waals surface area contributed by atoms with Gasteiger partial charge in [0.25, 0.3) is 0 Å². The maximum Gasteiger partial charge on any atom is 0.338 e. The second-order valence-electron chi connectivity index (χ2n) is 2.89. The van der Waals surface area contributed by atoms with Crippen LogP contribution in [0.3, 0.4) is 0 Å². The van der Waals surface area contributed by atoms with Gasteiger partial charge >= 0.3 is 5.97 Å². The molecule has 5 heteroatoms. The van der Waals surface area contributed by atoms with Crippen molar-refractivity contribution in [2.75, 3.05) is 0 Å². The van der Waals surface area contributed by atoms with Gasteiger partial charge in [0.2, 0.25) is 0 Å². The van der Waals surface area contributed by atoms with E-state index in [0.717, 1.165) is 0 Å². The molecule has 1 rings (SSSR count). The van der Waals surface area contributed by atoms with Crippen molar-refractivity contribution >= 4 is 17.0 Å². The molecule has 1 aromatic carbocycles. The molecule has 1 unspecified atom stereocenters. The third kappa shape index (κ3) is 3.30. The number of carbonyl (C=O) groups is 1. The smallest absolute Gasteiger partial charge is 0.338 e. The number of hydrogen-bond acceptors (Lipinski definition) is 3. The summed E-state index contributed by atoms with van der Waals surface area (Å²) < 4.78 is 24.3. The minimum atomic E-state index is -2.02. The second-order valence-corrected chi connectivity index (χ2v) is 3.86. The summed E-state index contributed by atoms with van der Waals surface area (Å²) >= 11 is -2.02. The van der Waals surface area contributed by atoms with E-state index in [0.29, 0.717) is 11.3 Å². The first kappa shape index (κ1) is 11.6. The van der Waals surface area contributed by atoms with Crippen LogP contribution in [0.15, 0.2) is 41.3 Å². The number of carbonyl (C=O) groups excluding carboxylic acids is 1. The predicted octanol–water partition coefficient (Wildman–Crippen LogP) is 1.75. The Morgan fingerprint density at radius 3 is 2.33 bits per heavy atom. The van der Waals surface area contributed by atoms with E-state index < -0.39 is 17.0 Å². The lowest BCUT2D eigenvalue weighted by Gasteiger charge is -2.03. The minimum Gasteiger partial charge on any atom is -0.423 e. The van der Waals surface area contributed by atoms with Crippen LogP contribution in [0.2, 0.25) is 0 Å². The van der Waals surface area contributed by atoms with E-state index in [-0.39, 0.29) is 4.90 Å². The van der Waals surface area contributed by atoms with Crippen molar-refractivity contribution in [3.63, 3.8) is 0 Å². The molecule has 1 aromatic rings. The zero-order valence-electron chi connectivity index (χ0n) is 8.10. The third-order valence-corrected chi connectivity index (χ3v) is 2.26. The Morgan fingerprint density at radius 2 is 1.93 bits per heavy atom. The molecule has 0 fully saturated rings. The number of ether oxygens (including phenoxy) is 1. The summed E-state index contributed by atoms with van der Waals surface area (Å²) in [4.78, 5) is 11.4. The van der Waals surface area contributed by atoms with Gasteiger partial charge in [0.1, 0.15) is 5.75 Å². The van der Waals surface area contributed by atoms with Gasteiger partial charge < -0.3 is 9.29 Å². The van der Waals surface area contributed by atoms with Gasteiger partial charge in [0, 0.05) is 5.57 Å². The Kier molecular flexibility index (Phi) is 3.76. The molecular formula is C10H10O4S. The Hall–Kier alpha value is -1.46. The summed E-state index contributed by atoms with van der Waals surface area (Å²) in [5.41, 5.74) is 0.296. The first-order chi connectivity index (χ1) is 7.00. The summed E-state index contributed by atoms with van der Waals surface area (Å²) in [5.74, 6) is -0.204. The summed E-state index contributed by atoms with van der Waals surface area (Å²) in [6, 6.07) is 5.73. The molecular weight excluding hydrogens is 216 g/mol. The van der Waals surface area contributed by atoms with Crippen molar-refractivity contribution in [1.29, 1.82) is 0 Å². The third-order valence-electron chi connectivity index (χ3n) is 1.58. The van der Waals surface area contributed by atoms with E-state index in [9.17, 15) is 9.00 Å². The van der Waals surface area contributed by atoms with E-state index in [1.54, 1.807) is 6.92 Å².